The summed E-state index contributed by atoms with van der Waals surface area (Å²) in [6.07, 6.45) is 1.46. The molecular weight excluding hydrogens is 258 g/mol. The maximum absolute atomic E-state index is 12.0. The third-order valence-electron chi connectivity index (χ3n) is 2.77. The van der Waals surface area contributed by atoms with Crippen molar-refractivity contribution in [2.75, 3.05) is 19.4 Å². The summed E-state index contributed by atoms with van der Waals surface area (Å²) in [5.41, 5.74) is -0.508. The van der Waals surface area contributed by atoms with Gasteiger partial charge >= 0.3 is 0 Å². The minimum Gasteiger partial charge on any atom is -0.345 e. The van der Waals surface area contributed by atoms with Gasteiger partial charge in [-0.3, -0.25) is 14.4 Å². The number of aryl methyl sites for hydroxylation is 1. The topological polar surface area (TPSA) is 71.4 Å². The minimum atomic E-state index is -0.618. The largest absolute Gasteiger partial charge is 0.345 e. The number of rotatable bonds is 2. The summed E-state index contributed by atoms with van der Waals surface area (Å²) in [6.45, 7) is 5.25. The van der Waals surface area contributed by atoms with E-state index < -0.39 is 5.41 Å². The van der Waals surface area contributed by atoms with E-state index >= 15 is 0 Å². The fourth-order valence-electron chi connectivity index (χ4n) is 1.49. The Morgan fingerprint density at radius 3 is 2.25 bits per heavy atom. The molecule has 1 aromatic rings. The first-order valence-electron chi connectivity index (χ1n) is 6.28. The van der Waals surface area contributed by atoms with Crippen molar-refractivity contribution in [2.24, 2.45) is 12.5 Å². The Morgan fingerprint density at radius 1 is 1.25 bits per heavy atom. The minimum absolute atomic E-state index is 0.111. The van der Waals surface area contributed by atoms with Gasteiger partial charge in [-0.2, -0.15) is 0 Å². The van der Waals surface area contributed by atoms with E-state index in [0.29, 0.717) is 5.56 Å². The van der Waals surface area contributed by atoms with Crippen molar-refractivity contribution in [2.45, 2.75) is 20.8 Å². The predicted octanol–water partition coefficient (Wildman–Crippen LogP) is 1.07. The normalized spacial score (nSPS) is 11.1. The summed E-state index contributed by atoms with van der Waals surface area (Å²) in [5.74, 6) is -0.504. The molecule has 1 heterocycles. The van der Waals surface area contributed by atoms with Crippen LogP contribution >= 0.6 is 0 Å². The van der Waals surface area contributed by atoms with Crippen LogP contribution in [-0.4, -0.2) is 35.4 Å². The molecule has 0 aliphatic rings. The fraction of sp³-hybridized carbons (Fsp3) is 0.500. The Hall–Kier alpha value is -2.11. The van der Waals surface area contributed by atoms with Gasteiger partial charge in [0.15, 0.2) is 0 Å². The number of carbonyl (C=O) groups is 2. The highest BCUT2D eigenvalue weighted by Crippen LogP contribution is 2.16. The van der Waals surface area contributed by atoms with Crippen LogP contribution in [0.3, 0.4) is 0 Å². The Labute approximate surface area is 118 Å². The Morgan fingerprint density at radius 2 is 1.80 bits per heavy atom. The quantitative estimate of drug-likeness (QED) is 0.880. The van der Waals surface area contributed by atoms with E-state index in [0.717, 1.165) is 0 Å². The molecule has 0 radical (unpaired) electrons. The number of hydrogen-bond donors (Lipinski definition) is 1. The maximum atomic E-state index is 12.0. The summed E-state index contributed by atoms with van der Waals surface area (Å²) in [6, 6.07) is 1.41. The van der Waals surface area contributed by atoms with Crippen LogP contribution in [0.25, 0.3) is 0 Å². The molecule has 0 fully saturated rings. The fourth-order valence-corrected chi connectivity index (χ4v) is 1.49. The maximum Gasteiger partial charge on any atom is 0.274 e. The first-order valence-corrected chi connectivity index (χ1v) is 6.28. The molecule has 0 saturated heterocycles. The number of nitrogens with one attached hydrogen (secondary N) is 1. The molecule has 6 heteroatoms. The van der Waals surface area contributed by atoms with Crippen molar-refractivity contribution >= 4 is 17.5 Å². The number of carbonyl (C=O) groups excluding carboxylic acids is 2. The highest BCUT2D eigenvalue weighted by Gasteiger charge is 2.23. The second-order valence-electron chi connectivity index (χ2n) is 5.96. The van der Waals surface area contributed by atoms with Crippen molar-refractivity contribution in [3.05, 3.63) is 28.2 Å². The number of hydrogen-bond acceptors (Lipinski definition) is 3. The summed E-state index contributed by atoms with van der Waals surface area (Å²) in [7, 11) is 4.79. The van der Waals surface area contributed by atoms with Gasteiger partial charge in [0, 0.05) is 32.8 Å². The average molecular weight is 279 g/mol. The molecule has 1 N–H and O–H groups in total. The SMILES string of the molecule is CN(C)C(=O)c1cc(NC(=O)C(C)(C)C)c(=O)n(C)c1. The van der Waals surface area contributed by atoms with Crippen molar-refractivity contribution in [3.8, 4) is 0 Å². The van der Waals surface area contributed by atoms with Crippen LogP contribution in [0.2, 0.25) is 0 Å². The average Bonchev–Trinajstić information content (AvgIpc) is 2.32. The lowest BCUT2D eigenvalue weighted by atomic mass is 9.95. The second-order valence-corrected chi connectivity index (χ2v) is 5.96. The van der Waals surface area contributed by atoms with Gasteiger partial charge < -0.3 is 14.8 Å². The van der Waals surface area contributed by atoms with E-state index in [1.807, 2.05) is 0 Å². The van der Waals surface area contributed by atoms with Crippen molar-refractivity contribution in [1.29, 1.82) is 0 Å². The zero-order valence-electron chi connectivity index (χ0n) is 12.8. The molecule has 0 unspecified atom stereocenters. The lowest BCUT2D eigenvalue weighted by Crippen LogP contribution is -2.32. The van der Waals surface area contributed by atoms with Crippen LogP contribution in [0, 0.1) is 5.41 Å². The van der Waals surface area contributed by atoms with Gasteiger partial charge in [0.1, 0.15) is 5.69 Å². The second kappa shape index (κ2) is 5.48. The van der Waals surface area contributed by atoms with E-state index in [-0.39, 0.29) is 23.1 Å². The third kappa shape index (κ3) is 3.46. The number of anilines is 1. The smallest absolute Gasteiger partial charge is 0.274 e. The van der Waals surface area contributed by atoms with Gasteiger partial charge in [-0.15, -0.1) is 0 Å². The Kier molecular flexibility index (Phi) is 4.37. The van der Waals surface area contributed by atoms with Crippen LogP contribution in [-0.2, 0) is 11.8 Å². The molecule has 1 aromatic heterocycles. The van der Waals surface area contributed by atoms with Crippen LogP contribution in [0.4, 0.5) is 5.69 Å². The summed E-state index contributed by atoms with van der Waals surface area (Å²) >= 11 is 0. The molecule has 20 heavy (non-hydrogen) atoms. The van der Waals surface area contributed by atoms with Gasteiger partial charge in [-0.25, -0.2) is 0 Å². The Bertz CT molecular complexity index is 595. The standard InChI is InChI=1S/C14H21N3O3/c1-14(2,3)13(20)15-10-7-9(11(18)16(4)5)8-17(6)12(10)19/h7-8H,1-6H3,(H,15,20). The summed E-state index contributed by atoms with van der Waals surface area (Å²) < 4.78 is 1.29. The van der Waals surface area contributed by atoms with Crippen molar-refractivity contribution in [1.82, 2.24) is 9.47 Å². The lowest BCUT2D eigenvalue weighted by molar-refractivity contribution is -0.123. The monoisotopic (exact) mass is 279 g/mol. The van der Waals surface area contributed by atoms with Crippen LogP contribution in [0.15, 0.2) is 17.1 Å². The number of nitrogens with zero attached hydrogens (tertiary/aromatic N) is 2. The van der Waals surface area contributed by atoms with Crippen molar-refractivity contribution < 1.29 is 9.59 Å². The summed E-state index contributed by atoms with van der Waals surface area (Å²) in [4.78, 5) is 37.3. The van der Waals surface area contributed by atoms with Gasteiger partial charge in [-0.1, -0.05) is 20.8 Å². The first-order chi connectivity index (χ1) is 9.04. The first kappa shape index (κ1) is 15.9. The number of aromatic nitrogens is 1. The predicted molar refractivity (Wildman–Crippen MR) is 77.8 cm³/mol. The van der Waals surface area contributed by atoms with E-state index in [4.69, 9.17) is 0 Å². The number of pyridine rings is 1. The molecule has 2 amide bonds. The van der Waals surface area contributed by atoms with Crippen LogP contribution in [0.1, 0.15) is 31.1 Å². The van der Waals surface area contributed by atoms with Gasteiger partial charge in [0.2, 0.25) is 5.91 Å². The zero-order chi connectivity index (χ0) is 15.7. The molecule has 0 spiro atoms. The van der Waals surface area contributed by atoms with Gasteiger partial charge in [0.05, 0.1) is 5.56 Å². The molecule has 0 aliphatic heterocycles. The molecule has 1 rings (SSSR count). The molecule has 0 bridgehead atoms. The van der Waals surface area contributed by atoms with Gasteiger partial charge in [-0.05, 0) is 6.07 Å². The highest BCUT2D eigenvalue weighted by atomic mass is 16.2. The summed E-state index contributed by atoms with van der Waals surface area (Å²) in [5, 5.41) is 2.58. The molecular formula is C14H21N3O3. The molecule has 6 nitrogen and oxygen atoms in total. The molecule has 0 saturated carbocycles. The van der Waals surface area contributed by atoms with Crippen molar-refractivity contribution in [3.63, 3.8) is 0 Å². The molecule has 0 aromatic carbocycles. The van der Waals surface area contributed by atoms with E-state index in [1.165, 1.54) is 21.7 Å². The van der Waals surface area contributed by atoms with Crippen LogP contribution in [0.5, 0.6) is 0 Å². The molecule has 0 aliphatic carbocycles. The van der Waals surface area contributed by atoms with E-state index in [2.05, 4.69) is 5.32 Å². The Balaban J connectivity index is 3.24. The highest BCUT2D eigenvalue weighted by molar-refractivity contribution is 5.97. The molecule has 110 valence electrons. The zero-order valence-corrected chi connectivity index (χ0v) is 12.8. The number of amides is 2. The van der Waals surface area contributed by atoms with Crippen LogP contribution < -0.4 is 10.9 Å². The lowest BCUT2D eigenvalue weighted by Gasteiger charge is -2.18. The molecule has 0 atom stereocenters. The third-order valence-corrected chi connectivity index (χ3v) is 2.77. The van der Waals surface area contributed by atoms with E-state index in [1.54, 1.807) is 41.9 Å². The van der Waals surface area contributed by atoms with E-state index in [9.17, 15) is 14.4 Å². The van der Waals surface area contributed by atoms with Gasteiger partial charge in [0.25, 0.3) is 11.5 Å².